The average molecular weight is 240 g/mol. The Morgan fingerprint density at radius 3 is 2.80 bits per heavy atom. The lowest BCUT2D eigenvalue weighted by molar-refractivity contribution is 0.0990. The summed E-state index contributed by atoms with van der Waals surface area (Å²) >= 11 is 7.18. The van der Waals surface area contributed by atoms with Gasteiger partial charge < -0.3 is 5.73 Å². The van der Waals surface area contributed by atoms with E-state index in [4.69, 9.17) is 17.3 Å². The molecule has 1 amide bonds. The third-order valence-electron chi connectivity index (χ3n) is 1.70. The van der Waals surface area contributed by atoms with Gasteiger partial charge in [-0.25, -0.2) is 9.97 Å². The van der Waals surface area contributed by atoms with Gasteiger partial charge in [-0.3, -0.25) is 4.79 Å². The molecule has 0 unspecified atom stereocenters. The summed E-state index contributed by atoms with van der Waals surface area (Å²) in [7, 11) is 0. The Kier molecular flexibility index (Phi) is 2.66. The molecule has 0 saturated heterocycles. The quantitative estimate of drug-likeness (QED) is 0.871. The number of aromatic nitrogens is 2. The van der Waals surface area contributed by atoms with Crippen LogP contribution in [0.15, 0.2) is 24.4 Å². The Hall–Kier alpha value is -1.46. The minimum absolute atomic E-state index is 0.0111. The monoisotopic (exact) mass is 239 g/mol. The number of hydrogen-bond acceptors (Lipinski definition) is 4. The highest BCUT2D eigenvalue weighted by Gasteiger charge is 2.07. The average Bonchev–Trinajstić information content (AvgIpc) is 2.65. The fraction of sp³-hybridized carbons (Fsp3) is 0. The molecule has 0 aliphatic heterocycles. The minimum atomic E-state index is -0.639. The summed E-state index contributed by atoms with van der Waals surface area (Å²) in [5.74, 6) is -0.628. The van der Waals surface area contributed by atoms with Gasteiger partial charge in [-0.05, 0) is 18.2 Å². The van der Waals surface area contributed by atoms with E-state index < -0.39 is 5.91 Å². The predicted octanol–water partition coefficient (Wildman–Crippen LogP) is 1.96. The van der Waals surface area contributed by atoms with E-state index in [1.54, 1.807) is 12.1 Å². The molecule has 0 fully saturated rings. The first-order valence-corrected chi connectivity index (χ1v) is 5.25. The van der Waals surface area contributed by atoms with Crippen LogP contribution in [-0.2, 0) is 0 Å². The van der Waals surface area contributed by atoms with Gasteiger partial charge >= 0.3 is 0 Å². The molecule has 0 spiro atoms. The van der Waals surface area contributed by atoms with E-state index in [0.29, 0.717) is 10.0 Å². The van der Waals surface area contributed by atoms with Crippen molar-refractivity contribution in [1.29, 1.82) is 0 Å². The van der Waals surface area contributed by atoms with Gasteiger partial charge in [0.05, 0.1) is 14.9 Å². The first-order chi connectivity index (χ1) is 7.16. The largest absolute Gasteiger partial charge is 0.363 e. The van der Waals surface area contributed by atoms with Crippen molar-refractivity contribution < 1.29 is 4.79 Å². The summed E-state index contributed by atoms with van der Waals surface area (Å²) in [6.07, 6.45) is 1.50. The molecule has 2 aromatic rings. The van der Waals surface area contributed by atoms with E-state index in [2.05, 4.69) is 9.97 Å². The number of rotatable bonds is 2. The lowest BCUT2D eigenvalue weighted by Crippen LogP contribution is -2.15. The first-order valence-electron chi connectivity index (χ1n) is 4.05. The van der Waals surface area contributed by atoms with Gasteiger partial charge in [-0.1, -0.05) is 11.6 Å². The number of amides is 1. The summed E-state index contributed by atoms with van der Waals surface area (Å²) < 4.78 is 0.671. The van der Waals surface area contributed by atoms with E-state index in [1.165, 1.54) is 17.5 Å². The molecule has 2 aromatic heterocycles. The zero-order valence-electron chi connectivity index (χ0n) is 7.48. The second-order valence-corrected chi connectivity index (χ2v) is 4.45. The van der Waals surface area contributed by atoms with E-state index >= 15 is 0 Å². The molecule has 2 heterocycles. The summed E-state index contributed by atoms with van der Waals surface area (Å²) in [5.41, 5.74) is 5.73. The van der Waals surface area contributed by atoms with Crippen molar-refractivity contribution in [2.45, 2.75) is 0 Å². The van der Waals surface area contributed by atoms with Gasteiger partial charge in [0.1, 0.15) is 0 Å². The van der Waals surface area contributed by atoms with Gasteiger partial charge in [0, 0.05) is 6.20 Å². The molecule has 4 nitrogen and oxygen atoms in total. The number of carbonyl (C=O) groups is 1. The third kappa shape index (κ3) is 2.14. The van der Waals surface area contributed by atoms with Crippen molar-refractivity contribution in [3.05, 3.63) is 34.6 Å². The van der Waals surface area contributed by atoms with Crippen LogP contribution in [0.25, 0.3) is 10.6 Å². The Morgan fingerprint density at radius 2 is 2.20 bits per heavy atom. The first kappa shape index (κ1) is 10.1. The molecule has 6 heteroatoms. The molecule has 2 rings (SSSR count). The number of halogens is 1. The van der Waals surface area contributed by atoms with E-state index in [-0.39, 0.29) is 5.82 Å². The molecule has 2 N–H and O–H groups in total. The smallest absolute Gasteiger partial charge is 0.286 e. The summed E-state index contributed by atoms with van der Waals surface area (Å²) in [4.78, 5) is 19.5. The summed E-state index contributed by atoms with van der Waals surface area (Å²) in [6, 6.07) is 5.31. The summed E-state index contributed by atoms with van der Waals surface area (Å²) in [5, 5.41) is 0. The Labute approximate surface area is 94.7 Å². The lowest BCUT2D eigenvalue weighted by Gasteiger charge is -1.97. The van der Waals surface area contributed by atoms with Crippen LogP contribution in [0, 0.1) is 0 Å². The van der Waals surface area contributed by atoms with Gasteiger partial charge in [0.15, 0.2) is 0 Å². The molecule has 0 aliphatic carbocycles. The molecule has 0 radical (unpaired) electrons. The maximum Gasteiger partial charge on any atom is 0.286 e. The van der Waals surface area contributed by atoms with Crippen LogP contribution >= 0.6 is 22.9 Å². The molecule has 15 heavy (non-hydrogen) atoms. The van der Waals surface area contributed by atoms with Crippen molar-refractivity contribution in [3.8, 4) is 10.6 Å². The van der Waals surface area contributed by atoms with E-state index in [1.807, 2.05) is 6.07 Å². The van der Waals surface area contributed by atoms with Gasteiger partial charge in [-0.2, -0.15) is 0 Å². The number of hydrogen-bond donors (Lipinski definition) is 1. The minimum Gasteiger partial charge on any atom is -0.363 e. The topological polar surface area (TPSA) is 68.9 Å². The number of primary amides is 1. The van der Waals surface area contributed by atoms with Crippen molar-refractivity contribution in [2.24, 2.45) is 5.73 Å². The lowest BCUT2D eigenvalue weighted by atomic mass is 10.3. The van der Waals surface area contributed by atoms with Crippen LogP contribution in [0.3, 0.4) is 0 Å². The Morgan fingerprint density at radius 1 is 1.40 bits per heavy atom. The molecular weight excluding hydrogens is 234 g/mol. The molecular formula is C9H6ClN3OS. The maximum atomic E-state index is 10.9. The molecule has 0 aromatic carbocycles. The second kappa shape index (κ2) is 3.96. The van der Waals surface area contributed by atoms with Crippen LogP contribution in [-0.4, -0.2) is 15.9 Å². The maximum absolute atomic E-state index is 10.9. The molecule has 0 atom stereocenters. The van der Waals surface area contributed by atoms with Gasteiger partial charge in [0.2, 0.25) is 5.82 Å². The highest BCUT2D eigenvalue weighted by Crippen LogP contribution is 2.29. The van der Waals surface area contributed by atoms with Crippen molar-refractivity contribution in [2.75, 3.05) is 0 Å². The van der Waals surface area contributed by atoms with E-state index in [9.17, 15) is 4.79 Å². The van der Waals surface area contributed by atoms with Crippen LogP contribution < -0.4 is 5.73 Å². The molecule has 0 aliphatic rings. The number of nitrogens with two attached hydrogens (primary N) is 1. The van der Waals surface area contributed by atoms with Crippen LogP contribution in [0.1, 0.15) is 10.6 Å². The SMILES string of the molecule is NC(=O)c1nccc(-c2ccc(Cl)s2)n1. The van der Waals surface area contributed by atoms with Gasteiger partial charge in [0.25, 0.3) is 5.91 Å². The highest BCUT2D eigenvalue weighted by atomic mass is 35.5. The molecule has 76 valence electrons. The second-order valence-electron chi connectivity index (χ2n) is 2.73. The molecule has 0 bridgehead atoms. The fourth-order valence-electron chi connectivity index (χ4n) is 1.07. The predicted molar refractivity (Wildman–Crippen MR) is 58.9 cm³/mol. The Bertz CT molecular complexity index is 512. The van der Waals surface area contributed by atoms with Crippen molar-refractivity contribution >= 4 is 28.8 Å². The van der Waals surface area contributed by atoms with Crippen LogP contribution in [0.2, 0.25) is 4.34 Å². The van der Waals surface area contributed by atoms with E-state index in [0.717, 1.165) is 4.88 Å². The normalized spacial score (nSPS) is 10.2. The highest BCUT2D eigenvalue weighted by molar-refractivity contribution is 7.19. The van der Waals surface area contributed by atoms with Crippen LogP contribution in [0.4, 0.5) is 0 Å². The number of carbonyl (C=O) groups excluding carboxylic acids is 1. The fourth-order valence-corrected chi connectivity index (χ4v) is 2.08. The molecule has 0 saturated carbocycles. The van der Waals surface area contributed by atoms with Crippen molar-refractivity contribution in [1.82, 2.24) is 9.97 Å². The standard InChI is InChI=1S/C9H6ClN3OS/c10-7-2-1-6(15-7)5-3-4-12-9(13-5)8(11)14/h1-4H,(H2,11,14). The van der Waals surface area contributed by atoms with Crippen LogP contribution in [0.5, 0.6) is 0 Å². The third-order valence-corrected chi connectivity index (χ3v) is 2.96. The van der Waals surface area contributed by atoms with Crippen molar-refractivity contribution in [3.63, 3.8) is 0 Å². The Balaban J connectivity index is 2.45. The number of nitrogens with zero attached hydrogens (tertiary/aromatic N) is 2. The number of thiophene rings is 1. The summed E-state index contributed by atoms with van der Waals surface area (Å²) in [6.45, 7) is 0. The zero-order chi connectivity index (χ0) is 10.8. The zero-order valence-corrected chi connectivity index (χ0v) is 9.05. The van der Waals surface area contributed by atoms with Gasteiger partial charge in [-0.15, -0.1) is 11.3 Å².